The van der Waals surface area contributed by atoms with E-state index < -0.39 is 0 Å². The molecule has 0 aliphatic heterocycles. The number of amides is 1. The number of aromatic nitrogens is 2. The number of carbonyl (C=O) groups excluding carboxylic acids is 1. The van der Waals surface area contributed by atoms with Crippen LogP contribution in [0.2, 0.25) is 0 Å². The van der Waals surface area contributed by atoms with Gasteiger partial charge >= 0.3 is 0 Å². The van der Waals surface area contributed by atoms with Gasteiger partial charge in [-0.1, -0.05) is 29.8 Å². The highest BCUT2D eigenvalue weighted by Crippen LogP contribution is 2.30. The van der Waals surface area contributed by atoms with Gasteiger partial charge in [-0.2, -0.15) is 0 Å². The highest BCUT2D eigenvalue weighted by atomic mass is 32.1. The molecule has 0 saturated carbocycles. The standard InChI is InChI=1S/C20H23N3O3S/c1-3-22(10-11-24)17(25)8-9-23-13-21-19-18(20(23)26)16(12-27-19)15-6-4-14(2)5-7-15/h4-7,12-13,24H,3,8-11H2,1-2H3. The molecule has 3 aromatic rings. The SMILES string of the molecule is CCN(CCO)C(=O)CCn1cnc2scc(-c3ccc(C)cc3)c2c1=O. The van der Waals surface area contributed by atoms with Crippen molar-refractivity contribution in [1.82, 2.24) is 14.5 Å². The maximum absolute atomic E-state index is 13.0. The van der Waals surface area contributed by atoms with Gasteiger partial charge in [0, 0.05) is 37.0 Å². The number of nitrogens with zero attached hydrogens (tertiary/aromatic N) is 3. The Hall–Kier alpha value is -2.51. The van der Waals surface area contributed by atoms with Gasteiger partial charge in [-0.25, -0.2) is 4.98 Å². The Morgan fingerprint density at radius 3 is 2.70 bits per heavy atom. The van der Waals surface area contributed by atoms with Crippen LogP contribution < -0.4 is 5.56 Å². The van der Waals surface area contributed by atoms with E-state index in [4.69, 9.17) is 5.11 Å². The lowest BCUT2D eigenvalue weighted by molar-refractivity contribution is -0.131. The Bertz CT molecular complexity index is 992. The molecule has 0 saturated heterocycles. The molecule has 2 heterocycles. The van der Waals surface area contributed by atoms with Gasteiger partial charge in [0.2, 0.25) is 5.91 Å². The normalized spacial score (nSPS) is 11.1. The van der Waals surface area contributed by atoms with Crippen LogP contribution in [0, 0.1) is 6.92 Å². The van der Waals surface area contributed by atoms with Crippen molar-refractivity contribution in [2.24, 2.45) is 0 Å². The lowest BCUT2D eigenvalue weighted by atomic mass is 10.1. The van der Waals surface area contributed by atoms with E-state index >= 15 is 0 Å². The van der Waals surface area contributed by atoms with Gasteiger partial charge in [-0.15, -0.1) is 11.3 Å². The first-order chi connectivity index (χ1) is 13.0. The summed E-state index contributed by atoms with van der Waals surface area (Å²) in [5.41, 5.74) is 2.90. The smallest absolute Gasteiger partial charge is 0.262 e. The van der Waals surface area contributed by atoms with E-state index in [1.54, 1.807) is 4.90 Å². The zero-order valence-electron chi connectivity index (χ0n) is 15.5. The van der Waals surface area contributed by atoms with Crippen molar-refractivity contribution in [3.63, 3.8) is 0 Å². The number of benzene rings is 1. The van der Waals surface area contributed by atoms with E-state index in [9.17, 15) is 9.59 Å². The number of aryl methyl sites for hydroxylation is 2. The fourth-order valence-electron chi connectivity index (χ4n) is 3.03. The number of carbonyl (C=O) groups is 1. The van der Waals surface area contributed by atoms with Crippen LogP contribution in [0.15, 0.2) is 40.8 Å². The third-order valence-corrected chi connectivity index (χ3v) is 5.48. The predicted molar refractivity (Wildman–Crippen MR) is 108 cm³/mol. The van der Waals surface area contributed by atoms with Gasteiger partial charge < -0.3 is 10.0 Å². The van der Waals surface area contributed by atoms with Crippen molar-refractivity contribution >= 4 is 27.5 Å². The summed E-state index contributed by atoms with van der Waals surface area (Å²) in [6.45, 7) is 4.94. The van der Waals surface area contributed by atoms with Crippen LogP contribution in [0.5, 0.6) is 0 Å². The number of aliphatic hydroxyl groups excluding tert-OH is 1. The number of hydrogen-bond acceptors (Lipinski definition) is 5. The number of thiophene rings is 1. The first-order valence-electron chi connectivity index (χ1n) is 8.97. The summed E-state index contributed by atoms with van der Waals surface area (Å²) >= 11 is 1.45. The van der Waals surface area contributed by atoms with Gasteiger partial charge in [0.1, 0.15) is 4.83 Å². The van der Waals surface area contributed by atoms with Crippen LogP contribution in [-0.2, 0) is 11.3 Å². The first-order valence-corrected chi connectivity index (χ1v) is 9.85. The number of likely N-dealkylation sites (N-methyl/N-ethyl adjacent to an activating group) is 1. The predicted octanol–water partition coefficient (Wildman–Crippen LogP) is 2.66. The summed E-state index contributed by atoms with van der Waals surface area (Å²) < 4.78 is 1.50. The van der Waals surface area contributed by atoms with Crippen molar-refractivity contribution in [2.75, 3.05) is 19.7 Å². The van der Waals surface area contributed by atoms with Crippen molar-refractivity contribution in [1.29, 1.82) is 0 Å². The van der Waals surface area contributed by atoms with E-state index in [1.165, 1.54) is 22.2 Å². The van der Waals surface area contributed by atoms with Crippen molar-refractivity contribution in [3.8, 4) is 11.1 Å². The minimum Gasteiger partial charge on any atom is -0.395 e. The van der Waals surface area contributed by atoms with Crippen LogP contribution in [0.1, 0.15) is 18.9 Å². The minimum atomic E-state index is -0.130. The Morgan fingerprint density at radius 2 is 2.04 bits per heavy atom. The Kier molecular flexibility index (Phi) is 6.03. The van der Waals surface area contributed by atoms with Gasteiger partial charge in [-0.3, -0.25) is 14.2 Å². The van der Waals surface area contributed by atoms with Crippen LogP contribution in [0.3, 0.4) is 0 Å². The average Bonchev–Trinajstić information content (AvgIpc) is 3.11. The molecular weight excluding hydrogens is 362 g/mol. The van der Waals surface area contributed by atoms with Gasteiger partial charge in [0.05, 0.1) is 18.3 Å². The summed E-state index contributed by atoms with van der Waals surface area (Å²) in [6, 6.07) is 8.05. The van der Waals surface area contributed by atoms with Crippen LogP contribution >= 0.6 is 11.3 Å². The number of hydrogen-bond donors (Lipinski definition) is 1. The molecule has 7 heteroatoms. The molecule has 0 spiro atoms. The third kappa shape index (κ3) is 4.09. The molecular formula is C20H23N3O3S. The average molecular weight is 385 g/mol. The molecule has 3 rings (SSSR count). The lowest BCUT2D eigenvalue weighted by Crippen LogP contribution is -2.34. The Balaban J connectivity index is 1.89. The Labute approximate surface area is 161 Å². The summed E-state index contributed by atoms with van der Waals surface area (Å²) in [5, 5.41) is 11.6. The quantitative estimate of drug-likeness (QED) is 0.678. The summed E-state index contributed by atoms with van der Waals surface area (Å²) in [5.74, 6) is -0.0809. The van der Waals surface area contributed by atoms with E-state index in [0.29, 0.717) is 23.3 Å². The molecule has 0 bridgehead atoms. The molecule has 0 unspecified atom stereocenters. The molecule has 2 aromatic heterocycles. The molecule has 142 valence electrons. The third-order valence-electron chi connectivity index (χ3n) is 4.59. The lowest BCUT2D eigenvalue weighted by Gasteiger charge is -2.19. The molecule has 1 amide bonds. The van der Waals surface area contributed by atoms with E-state index in [0.717, 1.165) is 16.7 Å². The molecule has 1 N–H and O–H groups in total. The largest absolute Gasteiger partial charge is 0.395 e. The summed E-state index contributed by atoms with van der Waals surface area (Å²) in [7, 11) is 0. The van der Waals surface area contributed by atoms with E-state index in [1.807, 2.05) is 43.5 Å². The van der Waals surface area contributed by atoms with E-state index in [-0.39, 0.29) is 31.0 Å². The molecule has 0 aliphatic rings. The molecule has 27 heavy (non-hydrogen) atoms. The Morgan fingerprint density at radius 1 is 1.30 bits per heavy atom. The number of rotatable bonds is 7. The summed E-state index contributed by atoms with van der Waals surface area (Å²) in [4.78, 5) is 31.9. The number of aliphatic hydroxyl groups is 1. The monoisotopic (exact) mass is 385 g/mol. The molecule has 0 radical (unpaired) electrons. The molecule has 0 fully saturated rings. The minimum absolute atomic E-state index is 0.0676. The van der Waals surface area contributed by atoms with Crippen LogP contribution in [-0.4, -0.2) is 45.2 Å². The maximum atomic E-state index is 13.0. The van der Waals surface area contributed by atoms with Crippen LogP contribution in [0.4, 0.5) is 0 Å². The second-order valence-corrected chi connectivity index (χ2v) is 7.24. The zero-order chi connectivity index (χ0) is 19.4. The molecule has 6 nitrogen and oxygen atoms in total. The fourth-order valence-corrected chi connectivity index (χ4v) is 3.93. The second-order valence-electron chi connectivity index (χ2n) is 6.39. The first kappa shape index (κ1) is 19.3. The molecule has 0 atom stereocenters. The van der Waals surface area contributed by atoms with Gasteiger partial charge in [0.25, 0.3) is 5.56 Å². The topological polar surface area (TPSA) is 75.4 Å². The van der Waals surface area contributed by atoms with Crippen molar-refractivity contribution in [3.05, 3.63) is 51.9 Å². The van der Waals surface area contributed by atoms with Crippen LogP contribution in [0.25, 0.3) is 21.3 Å². The summed E-state index contributed by atoms with van der Waals surface area (Å²) in [6.07, 6.45) is 1.71. The van der Waals surface area contributed by atoms with E-state index in [2.05, 4.69) is 4.98 Å². The maximum Gasteiger partial charge on any atom is 0.262 e. The van der Waals surface area contributed by atoms with Crippen molar-refractivity contribution < 1.29 is 9.90 Å². The number of fused-ring (bicyclic) bond motifs is 1. The van der Waals surface area contributed by atoms with Gasteiger partial charge in [-0.05, 0) is 19.4 Å². The zero-order valence-corrected chi connectivity index (χ0v) is 16.3. The van der Waals surface area contributed by atoms with Gasteiger partial charge in [0.15, 0.2) is 0 Å². The van der Waals surface area contributed by atoms with Crippen molar-refractivity contribution in [2.45, 2.75) is 26.8 Å². The molecule has 1 aromatic carbocycles. The highest BCUT2D eigenvalue weighted by molar-refractivity contribution is 7.17. The highest BCUT2D eigenvalue weighted by Gasteiger charge is 2.15. The molecule has 0 aliphatic carbocycles. The second kappa shape index (κ2) is 8.45. The fraction of sp³-hybridized carbons (Fsp3) is 0.350.